The van der Waals surface area contributed by atoms with E-state index >= 15 is 0 Å². The zero-order valence-electron chi connectivity index (χ0n) is 16.5. The molecule has 0 spiro atoms. The van der Waals surface area contributed by atoms with Crippen LogP contribution >= 0.6 is 18.8 Å². The van der Waals surface area contributed by atoms with Crippen molar-refractivity contribution in [1.29, 1.82) is 0 Å². The maximum Gasteiger partial charge on any atom is 0.233 e. The highest BCUT2D eigenvalue weighted by Crippen LogP contribution is 2.42. The summed E-state index contributed by atoms with van der Waals surface area (Å²) in [6, 6.07) is 0. The second-order valence-electron chi connectivity index (χ2n) is 7.88. The number of aldehydes is 1. The number of carbonyl (C=O) groups is 3. The quantitative estimate of drug-likeness (QED) is 0.414. The van der Waals surface area contributed by atoms with Crippen LogP contribution in [-0.2, 0) is 14.4 Å². The van der Waals surface area contributed by atoms with Crippen molar-refractivity contribution in [2.75, 3.05) is 0 Å². The summed E-state index contributed by atoms with van der Waals surface area (Å²) < 4.78 is 3.30. The van der Waals surface area contributed by atoms with Crippen LogP contribution in [0.1, 0.15) is 53.9 Å². The molecule has 7 heteroatoms. The molecule has 2 fully saturated rings. The molecule has 0 aliphatic carbocycles. The van der Waals surface area contributed by atoms with Gasteiger partial charge in [0.25, 0.3) is 0 Å². The van der Waals surface area contributed by atoms with Gasteiger partial charge in [0.05, 0.1) is 22.9 Å². The Hall–Kier alpha value is -1.05. The zero-order chi connectivity index (χ0) is 20.4. The van der Waals surface area contributed by atoms with E-state index in [1.54, 1.807) is 9.34 Å². The molecule has 0 aromatic carbocycles. The lowest BCUT2D eigenvalue weighted by atomic mass is 9.88. The summed E-state index contributed by atoms with van der Waals surface area (Å²) in [5.74, 6) is -0.128. The molecule has 2 heterocycles. The first kappa shape index (κ1) is 23.0. The van der Waals surface area contributed by atoms with E-state index in [-0.39, 0.29) is 41.1 Å². The first-order chi connectivity index (χ1) is 11.8. The predicted molar refractivity (Wildman–Crippen MR) is 112 cm³/mol. The Kier molecular flexibility index (Phi) is 7.35. The van der Waals surface area contributed by atoms with Gasteiger partial charge in [-0.3, -0.25) is 9.59 Å². The molecule has 2 aliphatic heterocycles. The topological polar surface area (TPSA) is 57.7 Å². The molecule has 2 aliphatic rings. The second-order valence-corrected chi connectivity index (χ2v) is 8.91. The highest BCUT2D eigenvalue weighted by molar-refractivity contribution is 7.15. The van der Waals surface area contributed by atoms with Crippen LogP contribution in [0.25, 0.3) is 0 Å². The lowest BCUT2D eigenvalue weighted by molar-refractivity contribution is -0.129. The predicted octanol–water partition coefficient (Wildman–Crippen LogP) is 3.53. The molecule has 2 unspecified atom stereocenters. The maximum absolute atomic E-state index is 11.8. The van der Waals surface area contributed by atoms with Gasteiger partial charge in [-0.1, -0.05) is 26.5 Å². The summed E-state index contributed by atoms with van der Waals surface area (Å²) in [7, 11) is 4.89. The van der Waals surface area contributed by atoms with Crippen LogP contribution in [0.3, 0.4) is 0 Å². The minimum atomic E-state index is -0.352. The van der Waals surface area contributed by atoms with Crippen LogP contribution < -0.4 is 0 Å². The van der Waals surface area contributed by atoms with Gasteiger partial charge < -0.3 is 14.1 Å². The van der Waals surface area contributed by atoms with Gasteiger partial charge in [0.1, 0.15) is 6.29 Å². The number of rotatable bonds is 4. The van der Waals surface area contributed by atoms with Gasteiger partial charge in [0.15, 0.2) is 0 Å². The van der Waals surface area contributed by atoms with Crippen molar-refractivity contribution in [1.82, 2.24) is 9.34 Å². The Morgan fingerprint density at radius 1 is 0.962 bits per heavy atom. The SMILES string of the molecule is C=C1[C@@H](CC=O)C(=O)N(P)C1(C)C.C=C1[C@@H](CCC)C(=O)N(P)C1(C)C. The van der Waals surface area contributed by atoms with Gasteiger partial charge in [0, 0.05) is 6.42 Å². The lowest BCUT2D eigenvalue weighted by Crippen LogP contribution is -2.33. The lowest BCUT2D eigenvalue weighted by Gasteiger charge is -2.27. The van der Waals surface area contributed by atoms with Crippen LogP contribution in [0.4, 0.5) is 0 Å². The smallest absolute Gasteiger partial charge is 0.233 e. The summed E-state index contributed by atoms with van der Waals surface area (Å²) in [4.78, 5) is 33.7. The molecule has 0 aromatic heterocycles. The van der Waals surface area contributed by atoms with Crippen molar-refractivity contribution in [3.8, 4) is 0 Å². The second kappa shape index (κ2) is 8.31. The number of hydrogen-bond donors (Lipinski definition) is 0. The van der Waals surface area contributed by atoms with Gasteiger partial charge in [0.2, 0.25) is 11.8 Å². The van der Waals surface area contributed by atoms with E-state index in [9.17, 15) is 14.4 Å². The van der Waals surface area contributed by atoms with Crippen molar-refractivity contribution in [3.63, 3.8) is 0 Å². The minimum Gasteiger partial charge on any atom is -0.318 e. The van der Waals surface area contributed by atoms with Crippen LogP contribution in [0.5, 0.6) is 0 Å². The van der Waals surface area contributed by atoms with Crippen LogP contribution in [-0.4, -0.2) is 38.5 Å². The third kappa shape index (κ3) is 3.94. The van der Waals surface area contributed by atoms with Gasteiger partial charge in [-0.15, -0.1) is 0 Å². The van der Waals surface area contributed by atoms with E-state index in [0.717, 1.165) is 30.3 Å². The molecule has 0 radical (unpaired) electrons. The van der Waals surface area contributed by atoms with Gasteiger partial charge >= 0.3 is 0 Å². The zero-order valence-corrected chi connectivity index (χ0v) is 18.9. The number of carbonyl (C=O) groups excluding carboxylic acids is 3. The normalized spacial score (nSPS) is 26.9. The van der Waals surface area contributed by atoms with Crippen molar-refractivity contribution in [2.24, 2.45) is 11.8 Å². The fourth-order valence-electron chi connectivity index (χ4n) is 3.27. The third-order valence-corrected chi connectivity index (χ3v) is 7.40. The summed E-state index contributed by atoms with van der Waals surface area (Å²) in [6.45, 7) is 17.9. The van der Waals surface area contributed by atoms with E-state index in [1.807, 2.05) is 27.7 Å². The Labute approximate surface area is 162 Å². The van der Waals surface area contributed by atoms with Gasteiger partial charge in [-0.25, -0.2) is 0 Å². The molecule has 146 valence electrons. The molecule has 0 bridgehead atoms. The summed E-state index contributed by atoms with van der Waals surface area (Å²) >= 11 is 0. The monoisotopic (exact) mass is 398 g/mol. The third-order valence-electron chi connectivity index (χ3n) is 5.60. The van der Waals surface area contributed by atoms with Gasteiger partial charge in [-0.05, 0) is 64.0 Å². The number of nitrogens with zero attached hydrogens (tertiary/aromatic N) is 2. The Balaban J connectivity index is 0.000000260. The van der Waals surface area contributed by atoms with Crippen LogP contribution in [0.15, 0.2) is 24.3 Å². The van der Waals surface area contributed by atoms with Crippen molar-refractivity contribution in [3.05, 3.63) is 24.3 Å². The first-order valence-electron chi connectivity index (χ1n) is 8.85. The molecular formula is C19H32N2O3P2. The average molecular weight is 398 g/mol. The van der Waals surface area contributed by atoms with E-state index in [0.29, 0.717) is 0 Å². The highest BCUT2D eigenvalue weighted by atomic mass is 31.0. The van der Waals surface area contributed by atoms with E-state index in [2.05, 4.69) is 38.9 Å². The molecule has 0 N–H and O–H groups in total. The van der Waals surface area contributed by atoms with Crippen LogP contribution in [0, 0.1) is 11.8 Å². The molecule has 0 saturated carbocycles. The number of amides is 2. The van der Waals surface area contributed by atoms with Crippen molar-refractivity contribution in [2.45, 2.75) is 65.0 Å². The van der Waals surface area contributed by atoms with Crippen molar-refractivity contribution < 1.29 is 14.4 Å². The largest absolute Gasteiger partial charge is 0.318 e. The molecule has 26 heavy (non-hydrogen) atoms. The Morgan fingerprint density at radius 3 is 1.62 bits per heavy atom. The Bertz CT molecular complexity index is 628. The molecule has 0 aromatic rings. The minimum absolute atomic E-state index is 0.0351. The van der Waals surface area contributed by atoms with E-state index < -0.39 is 0 Å². The standard InChI is InChI=1S/C10H18NOP.C9H14NO2P/c1-5-6-8-7(2)10(3,4)11(13)9(8)12;1-6-7(4-5-11)8(12)10(13)9(6,2)3/h8H,2,5-6,13H2,1,3-4H3;5,7H,1,4,13H2,2-3H3/t8-;7-/m11/s1. The molecule has 4 atom stereocenters. The highest BCUT2D eigenvalue weighted by Gasteiger charge is 2.46. The molecular weight excluding hydrogens is 366 g/mol. The van der Waals surface area contributed by atoms with E-state index in [1.165, 1.54) is 0 Å². The molecule has 2 saturated heterocycles. The molecule has 2 rings (SSSR count). The molecule has 5 nitrogen and oxygen atoms in total. The summed E-state index contributed by atoms with van der Waals surface area (Å²) in [5.41, 5.74) is 1.32. The van der Waals surface area contributed by atoms with Crippen molar-refractivity contribution >= 4 is 36.9 Å². The fraction of sp³-hybridized carbons (Fsp3) is 0.632. The number of hydrogen-bond acceptors (Lipinski definition) is 3. The Morgan fingerprint density at radius 2 is 1.35 bits per heavy atom. The summed E-state index contributed by atoms with van der Waals surface area (Å²) in [6.07, 6.45) is 2.97. The fourth-order valence-corrected chi connectivity index (χ4v) is 3.96. The average Bonchev–Trinajstić information content (AvgIpc) is 2.82. The van der Waals surface area contributed by atoms with E-state index in [4.69, 9.17) is 0 Å². The van der Waals surface area contributed by atoms with Crippen LogP contribution in [0.2, 0.25) is 0 Å². The van der Waals surface area contributed by atoms with Gasteiger partial charge in [-0.2, -0.15) is 0 Å². The summed E-state index contributed by atoms with van der Waals surface area (Å²) in [5, 5.41) is 0. The molecule has 2 amide bonds. The first-order valence-corrected chi connectivity index (χ1v) is 9.88. The maximum atomic E-state index is 11.8.